The van der Waals surface area contributed by atoms with E-state index in [1.807, 2.05) is 30.3 Å². The first-order valence-electron chi connectivity index (χ1n) is 6.40. The zero-order chi connectivity index (χ0) is 12.8. The van der Waals surface area contributed by atoms with Gasteiger partial charge in [0.1, 0.15) is 0 Å². The van der Waals surface area contributed by atoms with Gasteiger partial charge < -0.3 is 10.4 Å². The predicted molar refractivity (Wildman–Crippen MR) is 71.9 cm³/mol. The summed E-state index contributed by atoms with van der Waals surface area (Å²) < 4.78 is 0. The molecule has 96 valence electrons. The minimum Gasteiger partial charge on any atom is -0.394 e. The van der Waals surface area contributed by atoms with Crippen LogP contribution in [0.3, 0.4) is 0 Å². The molecule has 0 atom stereocenters. The number of carbonyl (C=O) groups is 1. The fraction of sp³-hybridized carbons (Fsp3) is 0.400. The van der Waals surface area contributed by atoms with E-state index in [-0.39, 0.29) is 12.5 Å². The maximum Gasteiger partial charge on any atom is 0.244 e. The molecule has 0 spiro atoms. The average molecular weight is 245 g/mol. The minimum atomic E-state index is -0.391. The maximum atomic E-state index is 11.8. The summed E-state index contributed by atoms with van der Waals surface area (Å²) in [4.78, 5) is 11.8. The smallest absolute Gasteiger partial charge is 0.244 e. The molecule has 1 saturated carbocycles. The van der Waals surface area contributed by atoms with E-state index < -0.39 is 5.54 Å². The molecule has 0 unspecified atom stereocenters. The van der Waals surface area contributed by atoms with Crippen LogP contribution in [0.2, 0.25) is 0 Å². The normalized spacial score (nSPS) is 18.1. The summed E-state index contributed by atoms with van der Waals surface area (Å²) in [6, 6.07) is 9.70. The molecule has 1 amide bonds. The first-order valence-corrected chi connectivity index (χ1v) is 6.40. The largest absolute Gasteiger partial charge is 0.394 e. The molecule has 2 rings (SSSR count). The Morgan fingerprint density at radius 2 is 1.94 bits per heavy atom. The van der Waals surface area contributed by atoms with E-state index in [0.717, 1.165) is 31.2 Å². The Kier molecular flexibility index (Phi) is 4.15. The maximum absolute atomic E-state index is 11.8. The molecule has 0 aromatic heterocycles. The zero-order valence-electron chi connectivity index (χ0n) is 10.4. The second-order valence-electron chi connectivity index (χ2n) is 4.88. The van der Waals surface area contributed by atoms with Crippen LogP contribution >= 0.6 is 0 Å². The molecular formula is C15H19NO2. The van der Waals surface area contributed by atoms with Gasteiger partial charge in [-0.15, -0.1) is 0 Å². The number of aliphatic hydroxyl groups is 1. The van der Waals surface area contributed by atoms with Gasteiger partial charge in [-0.25, -0.2) is 0 Å². The van der Waals surface area contributed by atoms with E-state index in [0.29, 0.717) is 0 Å². The average Bonchev–Trinajstić information content (AvgIpc) is 2.87. The van der Waals surface area contributed by atoms with Crippen molar-refractivity contribution in [3.05, 3.63) is 42.0 Å². The van der Waals surface area contributed by atoms with Crippen molar-refractivity contribution in [3.8, 4) is 0 Å². The highest BCUT2D eigenvalue weighted by atomic mass is 16.3. The highest BCUT2D eigenvalue weighted by Crippen LogP contribution is 2.28. The van der Waals surface area contributed by atoms with E-state index in [1.165, 1.54) is 6.08 Å². The molecule has 0 bridgehead atoms. The second-order valence-corrected chi connectivity index (χ2v) is 4.88. The van der Waals surface area contributed by atoms with Crippen molar-refractivity contribution < 1.29 is 9.90 Å². The number of amides is 1. The van der Waals surface area contributed by atoms with Crippen LogP contribution in [0.25, 0.3) is 6.08 Å². The van der Waals surface area contributed by atoms with Crippen molar-refractivity contribution in [2.24, 2.45) is 0 Å². The quantitative estimate of drug-likeness (QED) is 0.798. The number of hydrogen-bond acceptors (Lipinski definition) is 2. The lowest BCUT2D eigenvalue weighted by molar-refractivity contribution is -0.118. The lowest BCUT2D eigenvalue weighted by Crippen LogP contribution is -2.48. The molecule has 3 nitrogen and oxygen atoms in total. The van der Waals surface area contributed by atoms with Gasteiger partial charge in [-0.1, -0.05) is 43.2 Å². The Labute approximate surface area is 108 Å². The highest BCUT2D eigenvalue weighted by Gasteiger charge is 2.33. The van der Waals surface area contributed by atoms with Crippen LogP contribution in [0.1, 0.15) is 31.2 Å². The summed E-state index contributed by atoms with van der Waals surface area (Å²) in [5.41, 5.74) is 0.607. The van der Waals surface area contributed by atoms with Crippen LogP contribution in [0.4, 0.5) is 0 Å². The number of hydrogen-bond donors (Lipinski definition) is 2. The van der Waals surface area contributed by atoms with Gasteiger partial charge in [-0.05, 0) is 24.5 Å². The van der Waals surface area contributed by atoms with Crippen molar-refractivity contribution in [1.29, 1.82) is 0 Å². The van der Waals surface area contributed by atoms with Crippen LogP contribution in [0.15, 0.2) is 36.4 Å². The lowest BCUT2D eigenvalue weighted by Gasteiger charge is -2.27. The zero-order valence-corrected chi connectivity index (χ0v) is 10.4. The monoisotopic (exact) mass is 245 g/mol. The number of benzene rings is 1. The van der Waals surface area contributed by atoms with Crippen LogP contribution in [0.5, 0.6) is 0 Å². The van der Waals surface area contributed by atoms with Crippen LogP contribution in [-0.4, -0.2) is 23.2 Å². The van der Waals surface area contributed by atoms with E-state index in [4.69, 9.17) is 0 Å². The third-order valence-corrected chi connectivity index (χ3v) is 3.48. The Bertz CT molecular complexity index is 419. The third-order valence-electron chi connectivity index (χ3n) is 3.48. The fourth-order valence-electron chi connectivity index (χ4n) is 2.41. The molecule has 0 saturated heterocycles. The van der Waals surface area contributed by atoms with E-state index in [1.54, 1.807) is 6.08 Å². The van der Waals surface area contributed by atoms with Crippen molar-refractivity contribution in [2.75, 3.05) is 6.61 Å². The molecule has 0 radical (unpaired) electrons. The van der Waals surface area contributed by atoms with Crippen LogP contribution in [0, 0.1) is 0 Å². The summed E-state index contributed by atoms with van der Waals surface area (Å²) in [7, 11) is 0. The highest BCUT2D eigenvalue weighted by molar-refractivity contribution is 5.92. The molecule has 1 aliphatic carbocycles. The van der Waals surface area contributed by atoms with Crippen molar-refractivity contribution in [1.82, 2.24) is 5.32 Å². The van der Waals surface area contributed by atoms with Gasteiger partial charge in [0.2, 0.25) is 5.91 Å². The third kappa shape index (κ3) is 3.20. The molecular weight excluding hydrogens is 226 g/mol. The van der Waals surface area contributed by atoms with Gasteiger partial charge in [0.15, 0.2) is 0 Å². The van der Waals surface area contributed by atoms with Gasteiger partial charge in [0.25, 0.3) is 0 Å². The van der Waals surface area contributed by atoms with E-state index in [2.05, 4.69) is 5.32 Å². The predicted octanol–water partition coefficient (Wildman–Crippen LogP) is 2.12. The van der Waals surface area contributed by atoms with Crippen molar-refractivity contribution >= 4 is 12.0 Å². The topological polar surface area (TPSA) is 49.3 Å². The summed E-state index contributed by atoms with van der Waals surface area (Å²) in [5, 5.41) is 12.3. The molecule has 0 heterocycles. The SMILES string of the molecule is O=C(/C=C/c1ccccc1)NC1(CO)CCCC1. The van der Waals surface area contributed by atoms with Gasteiger partial charge >= 0.3 is 0 Å². The van der Waals surface area contributed by atoms with Crippen LogP contribution < -0.4 is 5.32 Å². The van der Waals surface area contributed by atoms with E-state index >= 15 is 0 Å². The summed E-state index contributed by atoms with van der Waals surface area (Å²) >= 11 is 0. The summed E-state index contributed by atoms with van der Waals surface area (Å²) in [5.74, 6) is -0.130. The molecule has 2 N–H and O–H groups in total. The number of aliphatic hydroxyl groups excluding tert-OH is 1. The Balaban J connectivity index is 1.94. The number of rotatable bonds is 4. The Morgan fingerprint density at radius 1 is 1.28 bits per heavy atom. The number of carbonyl (C=O) groups excluding carboxylic acids is 1. The molecule has 1 aromatic carbocycles. The Hall–Kier alpha value is -1.61. The first kappa shape index (κ1) is 12.8. The first-order chi connectivity index (χ1) is 8.74. The molecule has 3 heteroatoms. The fourth-order valence-corrected chi connectivity index (χ4v) is 2.41. The summed E-state index contributed by atoms with van der Waals surface area (Å²) in [6.45, 7) is 0.0257. The van der Waals surface area contributed by atoms with Crippen molar-refractivity contribution in [3.63, 3.8) is 0 Å². The van der Waals surface area contributed by atoms with Crippen LogP contribution in [-0.2, 0) is 4.79 Å². The molecule has 0 aliphatic heterocycles. The lowest BCUT2D eigenvalue weighted by atomic mass is 9.99. The molecule has 1 aromatic rings. The van der Waals surface area contributed by atoms with Gasteiger partial charge in [0, 0.05) is 6.08 Å². The number of nitrogens with one attached hydrogen (secondary N) is 1. The van der Waals surface area contributed by atoms with Gasteiger partial charge in [-0.3, -0.25) is 4.79 Å². The van der Waals surface area contributed by atoms with Crippen molar-refractivity contribution in [2.45, 2.75) is 31.2 Å². The molecule has 1 fully saturated rings. The van der Waals surface area contributed by atoms with E-state index in [9.17, 15) is 9.90 Å². The standard InChI is InChI=1S/C15H19NO2/c17-12-15(10-4-5-11-15)16-14(18)9-8-13-6-2-1-3-7-13/h1-3,6-9,17H,4-5,10-12H2,(H,16,18)/b9-8+. The molecule has 18 heavy (non-hydrogen) atoms. The van der Waals surface area contributed by atoms with Gasteiger partial charge in [0.05, 0.1) is 12.1 Å². The van der Waals surface area contributed by atoms with Gasteiger partial charge in [-0.2, -0.15) is 0 Å². The Morgan fingerprint density at radius 3 is 2.56 bits per heavy atom. The second kappa shape index (κ2) is 5.83. The molecule has 1 aliphatic rings. The minimum absolute atomic E-state index is 0.0257. The summed E-state index contributed by atoms with van der Waals surface area (Å²) in [6.07, 6.45) is 7.20.